The van der Waals surface area contributed by atoms with Gasteiger partial charge in [-0.25, -0.2) is 4.79 Å². The number of nitrogens with two attached hydrogens (primary N) is 2. The van der Waals surface area contributed by atoms with Crippen molar-refractivity contribution in [3.63, 3.8) is 0 Å². The molecule has 0 fully saturated rings. The summed E-state index contributed by atoms with van der Waals surface area (Å²) in [5.74, 6) is -3.51. The van der Waals surface area contributed by atoms with Crippen LogP contribution in [0.4, 0.5) is 0 Å². The first kappa shape index (κ1) is 31.5. The maximum atomic E-state index is 13.0. The van der Waals surface area contributed by atoms with Crippen LogP contribution in [0, 0.1) is 5.92 Å². The van der Waals surface area contributed by atoms with Crippen LogP contribution in [0.3, 0.4) is 0 Å². The Labute approximate surface area is 217 Å². The zero-order valence-corrected chi connectivity index (χ0v) is 21.5. The summed E-state index contributed by atoms with van der Waals surface area (Å²) in [4.78, 5) is 61.6. The van der Waals surface area contributed by atoms with E-state index in [1.165, 1.54) is 0 Å². The number of hydrogen-bond acceptors (Lipinski definition) is 7. The van der Waals surface area contributed by atoms with Crippen molar-refractivity contribution in [2.45, 2.75) is 64.1 Å². The van der Waals surface area contributed by atoms with E-state index in [0.29, 0.717) is 25.8 Å². The quantitative estimate of drug-likeness (QED) is 0.127. The van der Waals surface area contributed by atoms with Gasteiger partial charge in [0.2, 0.25) is 23.6 Å². The van der Waals surface area contributed by atoms with E-state index in [1.807, 2.05) is 19.9 Å². The number of benzene rings is 1. The molecule has 3 atom stereocenters. The van der Waals surface area contributed by atoms with E-state index in [0.717, 1.165) is 5.56 Å². The maximum Gasteiger partial charge on any atom is 0.326 e. The van der Waals surface area contributed by atoms with Crippen molar-refractivity contribution in [2.24, 2.45) is 17.4 Å². The molecular weight excluding hydrogens is 480 g/mol. The molecule has 0 aliphatic rings. The summed E-state index contributed by atoms with van der Waals surface area (Å²) in [6, 6.07) is 5.87. The molecule has 4 amide bonds. The molecule has 0 aliphatic carbocycles. The maximum absolute atomic E-state index is 13.0. The molecule has 0 saturated carbocycles. The molecule has 0 saturated heterocycles. The average molecular weight is 521 g/mol. The highest BCUT2D eigenvalue weighted by Gasteiger charge is 2.28. The standard InChI is InChI=1S/C25H40N6O6/c1-16(2)12-20(25(36)37)31-24(35)19(13-17-8-4-3-5-9-17)30-22(33)15-28-23(34)18(10-6-7-11-26)29-21(32)14-27/h3-5,8-9,16,18-20H,6-7,10-15,26-27H2,1-2H3,(H,28,34)(H,29,32)(H,30,33)(H,31,35)(H,36,37)/t18-,19-,20-/m0/s1. The minimum absolute atomic E-state index is 0.0244. The lowest BCUT2D eigenvalue weighted by molar-refractivity contribution is -0.142. The SMILES string of the molecule is CC(C)C[C@H](NC(=O)[C@H](Cc1ccccc1)NC(=O)CNC(=O)[C@H](CCCCN)NC(=O)CN)C(=O)O. The van der Waals surface area contributed by atoms with Crippen molar-refractivity contribution < 1.29 is 29.1 Å². The number of unbranched alkanes of at least 4 members (excludes halogenated alkanes) is 1. The van der Waals surface area contributed by atoms with Crippen LogP contribution in [0.2, 0.25) is 0 Å². The van der Waals surface area contributed by atoms with E-state index >= 15 is 0 Å². The van der Waals surface area contributed by atoms with Gasteiger partial charge in [0.05, 0.1) is 13.1 Å². The predicted molar refractivity (Wildman–Crippen MR) is 138 cm³/mol. The molecule has 0 bridgehead atoms. The second kappa shape index (κ2) is 17.0. The monoisotopic (exact) mass is 520 g/mol. The second-order valence-corrected chi connectivity index (χ2v) is 9.17. The molecule has 0 unspecified atom stereocenters. The Hall–Kier alpha value is -3.51. The Bertz CT molecular complexity index is 895. The van der Waals surface area contributed by atoms with Gasteiger partial charge in [-0.1, -0.05) is 44.2 Å². The summed E-state index contributed by atoms with van der Waals surface area (Å²) in [5, 5.41) is 19.6. The third-order valence-electron chi connectivity index (χ3n) is 5.46. The van der Waals surface area contributed by atoms with E-state index in [4.69, 9.17) is 11.5 Å². The highest BCUT2D eigenvalue weighted by molar-refractivity contribution is 5.93. The molecule has 1 aromatic carbocycles. The Morgan fingerprint density at radius 3 is 2.05 bits per heavy atom. The summed E-state index contributed by atoms with van der Waals surface area (Å²) < 4.78 is 0. The average Bonchev–Trinajstić information content (AvgIpc) is 2.86. The van der Waals surface area contributed by atoms with Gasteiger partial charge >= 0.3 is 5.97 Å². The molecule has 1 aromatic rings. The Balaban J connectivity index is 2.87. The Morgan fingerprint density at radius 1 is 0.838 bits per heavy atom. The first-order valence-corrected chi connectivity index (χ1v) is 12.4. The fraction of sp³-hybridized carbons (Fsp3) is 0.560. The topological polar surface area (TPSA) is 206 Å². The van der Waals surface area contributed by atoms with E-state index in [2.05, 4.69) is 21.3 Å². The number of hydrogen-bond donors (Lipinski definition) is 7. The smallest absolute Gasteiger partial charge is 0.326 e. The molecule has 0 radical (unpaired) electrons. The molecule has 0 aromatic heterocycles. The van der Waals surface area contributed by atoms with Crippen molar-refractivity contribution in [3.05, 3.63) is 35.9 Å². The minimum Gasteiger partial charge on any atom is -0.480 e. The number of carbonyl (C=O) groups excluding carboxylic acids is 4. The lowest BCUT2D eigenvalue weighted by atomic mass is 10.0. The number of carboxylic acids is 1. The lowest BCUT2D eigenvalue weighted by Gasteiger charge is -2.23. The van der Waals surface area contributed by atoms with Gasteiger partial charge < -0.3 is 37.8 Å². The molecule has 1 rings (SSSR count). The van der Waals surface area contributed by atoms with Crippen LogP contribution in [0.5, 0.6) is 0 Å². The van der Waals surface area contributed by atoms with Crippen LogP contribution >= 0.6 is 0 Å². The second-order valence-electron chi connectivity index (χ2n) is 9.17. The zero-order chi connectivity index (χ0) is 27.8. The van der Waals surface area contributed by atoms with E-state index in [9.17, 15) is 29.1 Å². The summed E-state index contributed by atoms with van der Waals surface area (Å²) >= 11 is 0. The normalized spacial score (nSPS) is 13.2. The van der Waals surface area contributed by atoms with Gasteiger partial charge in [-0.15, -0.1) is 0 Å². The number of carbonyl (C=O) groups is 5. The summed E-state index contributed by atoms with van der Waals surface area (Å²) in [5.41, 5.74) is 11.6. The summed E-state index contributed by atoms with van der Waals surface area (Å²) in [6.45, 7) is 3.39. The largest absolute Gasteiger partial charge is 0.480 e. The highest BCUT2D eigenvalue weighted by Crippen LogP contribution is 2.08. The van der Waals surface area contributed by atoms with Crippen molar-refractivity contribution in [1.82, 2.24) is 21.3 Å². The predicted octanol–water partition coefficient (Wildman–Crippen LogP) is -0.982. The van der Waals surface area contributed by atoms with Crippen molar-refractivity contribution in [1.29, 1.82) is 0 Å². The minimum atomic E-state index is -1.17. The van der Waals surface area contributed by atoms with E-state index in [-0.39, 0.29) is 25.3 Å². The summed E-state index contributed by atoms with van der Waals surface area (Å²) in [7, 11) is 0. The molecule has 12 heteroatoms. The van der Waals surface area contributed by atoms with Crippen LogP contribution < -0.4 is 32.7 Å². The molecule has 0 spiro atoms. The molecule has 12 nitrogen and oxygen atoms in total. The van der Waals surface area contributed by atoms with Crippen molar-refractivity contribution >= 4 is 29.6 Å². The molecule has 0 heterocycles. The number of nitrogens with one attached hydrogen (secondary N) is 4. The fourth-order valence-corrected chi connectivity index (χ4v) is 3.58. The first-order valence-electron chi connectivity index (χ1n) is 12.4. The van der Waals surface area contributed by atoms with Gasteiger partial charge in [0.15, 0.2) is 0 Å². The van der Waals surface area contributed by atoms with Gasteiger partial charge in [-0.3, -0.25) is 19.2 Å². The molecular formula is C25H40N6O6. The lowest BCUT2D eigenvalue weighted by Crippen LogP contribution is -2.55. The zero-order valence-electron chi connectivity index (χ0n) is 21.5. The van der Waals surface area contributed by atoms with Crippen LogP contribution in [-0.2, 0) is 30.4 Å². The van der Waals surface area contributed by atoms with E-state index in [1.54, 1.807) is 24.3 Å². The fourth-order valence-electron chi connectivity index (χ4n) is 3.58. The van der Waals surface area contributed by atoms with Gasteiger partial charge in [-0.05, 0) is 43.7 Å². The third kappa shape index (κ3) is 12.8. The number of amides is 4. The first-order chi connectivity index (χ1) is 17.6. The van der Waals surface area contributed by atoms with Gasteiger partial charge in [0, 0.05) is 6.42 Å². The van der Waals surface area contributed by atoms with Gasteiger partial charge in [0.25, 0.3) is 0 Å². The summed E-state index contributed by atoms with van der Waals surface area (Å²) in [6.07, 6.45) is 1.92. The number of rotatable bonds is 17. The number of carboxylic acid groups (broad SMARTS) is 1. The van der Waals surface area contributed by atoms with Gasteiger partial charge in [-0.2, -0.15) is 0 Å². The molecule has 0 aliphatic heterocycles. The molecule has 206 valence electrons. The van der Waals surface area contributed by atoms with Crippen molar-refractivity contribution in [2.75, 3.05) is 19.6 Å². The highest BCUT2D eigenvalue weighted by atomic mass is 16.4. The van der Waals surface area contributed by atoms with Crippen LogP contribution in [0.1, 0.15) is 45.1 Å². The molecule has 37 heavy (non-hydrogen) atoms. The van der Waals surface area contributed by atoms with Crippen LogP contribution in [-0.4, -0.2) is 72.5 Å². The molecule has 9 N–H and O–H groups in total. The van der Waals surface area contributed by atoms with E-state index < -0.39 is 54.3 Å². The van der Waals surface area contributed by atoms with Crippen LogP contribution in [0.25, 0.3) is 0 Å². The van der Waals surface area contributed by atoms with Gasteiger partial charge in [0.1, 0.15) is 18.1 Å². The Morgan fingerprint density at radius 2 is 1.49 bits per heavy atom. The number of aliphatic carboxylic acids is 1. The van der Waals surface area contributed by atoms with Crippen LogP contribution in [0.15, 0.2) is 30.3 Å². The Kier molecular flexibility index (Phi) is 14.5. The third-order valence-corrected chi connectivity index (χ3v) is 5.46. The van der Waals surface area contributed by atoms with Crippen molar-refractivity contribution in [3.8, 4) is 0 Å².